The van der Waals surface area contributed by atoms with E-state index in [4.69, 9.17) is 16.3 Å². The summed E-state index contributed by atoms with van der Waals surface area (Å²) in [4.78, 5) is 7.34. The SMILES string of the molecule is O=S(=O)(NCCCOC1CCCCC1)c1cnc(Cl)nc1. The second kappa shape index (κ2) is 8.03. The molecule has 1 N–H and O–H groups in total. The van der Waals surface area contributed by atoms with Crippen molar-refractivity contribution in [3.8, 4) is 0 Å². The molecule has 0 atom stereocenters. The summed E-state index contributed by atoms with van der Waals surface area (Å²) in [6, 6.07) is 0. The first-order chi connectivity index (χ1) is 10.1. The zero-order valence-electron chi connectivity index (χ0n) is 11.8. The monoisotopic (exact) mass is 333 g/mol. The van der Waals surface area contributed by atoms with E-state index in [9.17, 15) is 8.42 Å². The van der Waals surface area contributed by atoms with Gasteiger partial charge in [-0.05, 0) is 30.9 Å². The fourth-order valence-corrected chi connectivity index (χ4v) is 3.34. The third-order valence-electron chi connectivity index (χ3n) is 3.43. The number of nitrogens with one attached hydrogen (secondary N) is 1. The number of halogens is 1. The van der Waals surface area contributed by atoms with Crippen LogP contribution >= 0.6 is 11.6 Å². The molecule has 6 nitrogen and oxygen atoms in total. The molecule has 21 heavy (non-hydrogen) atoms. The molecule has 0 aromatic carbocycles. The van der Waals surface area contributed by atoms with Gasteiger partial charge in [-0.1, -0.05) is 19.3 Å². The highest BCUT2D eigenvalue weighted by molar-refractivity contribution is 7.89. The van der Waals surface area contributed by atoms with Crippen molar-refractivity contribution in [3.63, 3.8) is 0 Å². The summed E-state index contributed by atoms with van der Waals surface area (Å²) in [6.07, 6.45) is 9.36. The lowest BCUT2D eigenvalue weighted by molar-refractivity contribution is 0.0278. The van der Waals surface area contributed by atoms with E-state index >= 15 is 0 Å². The predicted molar refractivity (Wildman–Crippen MR) is 79.7 cm³/mol. The minimum atomic E-state index is -3.57. The molecule has 1 aromatic heterocycles. The third-order valence-corrected chi connectivity index (χ3v) is 5.04. The second-order valence-corrected chi connectivity index (χ2v) is 7.17. The molecule has 0 amide bonds. The predicted octanol–water partition coefficient (Wildman–Crippen LogP) is 2.15. The molecule has 0 bridgehead atoms. The van der Waals surface area contributed by atoms with Gasteiger partial charge in [0.05, 0.1) is 18.5 Å². The van der Waals surface area contributed by atoms with Crippen molar-refractivity contribution in [3.05, 3.63) is 17.7 Å². The molecule has 2 rings (SSSR count). The van der Waals surface area contributed by atoms with Crippen molar-refractivity contribution < 1.29 is 13.2 Å². The Balaban J connectivity index is 1.68. The van der Waals surface area contributed by atoms with Crippen LogP contribution in [0.15, 0.2) is 17.3 Å². The molecule has 0 saturated heterocycles. The summed E-state index contributed by atoms with van der Waals surface area (Å²) in [6.45, 7) is 0.905. The molecule has 0 aliphatic heterocycles. The van der Waals surface area contributed by atoms with E-state index in [0.29, 0.717) is 25.7 Å². The van der Waals surface area contributed by atoms with Crippen LogP contribution in [0, 0.1) is 0 Å². The zero-order valence-corrected chi connectivity index (χ0v) is 13.4. The number of hydrogen-bond acceptors (Lipinski definition) is 5. The van der Waals surface area contributed by atoms with Gasteiger partial charge in [0.15, 0.2) is 0 Å². The minimum absolute atomic E-state index is 0.0140. The molecule has 1 aliphatic rings. The van der Waals surface area contributed by atoms with Crippen LogP contribution in [0.3, 0.4) is 0 Å². The summed E-state index contributed by atoms with van der Waals surface area (Å²) >= 11 is 5.53. The van der Waals surface area contributed by atoms with Crippen LogP contribution in [-0.2, 0) is 14.8 Å². The highest BCUT2D eigenvalue weighted by Crippen LogP contribution is 2.20. The van der Waals surface area contributed by atoms with Gasteiger partial charge in [-0.3, -0.25) is 0 Å². The Hall–Kier alpha value is -0.760. The molecule has 1 aromatic rings. The van der Waals surface area contributed by atoms with Crippen LogP contribution in [0.2, 0.25) is 5.28 Å². The Morgan fingerprint density at radius 1 is 1.24 bits per heavy atom. The third kappa shape index (κ3) is 5.50. The lowest BCUT2D eigenvalue weighted by Crippen LogP contribution is -2.26. The Kier molecular flexibility index (Phi) is 6.35. The van der Waals surface area contributed by atoms with E-state index in [1.807, 2.05) is 0 Å². The van der Waals surface area contributed by atoms with E-state index in [1.54, 1.807) is 0 Å². The van der Waals surface area contributed by atoms with Crippen LogP contribution in [0.25, 0.3) is 0 Å². The number of ether oxygens (including phenoxy) is 1. The van der Waals surface area contributed by atoms with E-state index in [2.05, 4.69) is 14.7 Å². The van der Waals surface area contributed by atoms with Crippen LogP contribution < -0.4 is 4.72 Å². The first-order valence-corrected chi connectivity index (χ1v) is 9.03. The van der Waals surface area contributed by atoms with Gasteiger partial charge in [0.25, 0.3) is 0 Å². The van der Waals surface area contributed by atoms with Gasteiger partial charge in [0.1, 0.15) is 4.90 Å². The van der Waals surface area contributed by atoms with E-state index in [0.717, 1.165) is 12.8 Å². The average Bonchev–Trinajstić information content (AvgIpc) is 2.48. The fraction of sp³-hybridized carbons (Fsp3) is 0.692. The largest absolute Gasteiger partial charge is 0.378 e. The summed E-state index contributed by atoms with van der Waals surface area (Å²) in [5.74, 6) is 0. The number of nitrogens with zero attached hydrogens (tertiary/aromatic N) is 2. The van der Waals surface area contributed by atoms with Crippen LogP contribution in [0.5, 0.6) is 0 Å². The maximum Gasteiger partial charge on any atom is 0.243 e. The molecule has 118 valence electrons. The quantitative estimate of drug-likeness (QED) is 0.610. The first kappa shape index (κ1) is 16.6. The maximum absolute atomic E-state index is 11.9. The normalized spacial score (nSPS) is 17.0. The van der Waals surface area contributed by atoms with Crippen molar-refractivity contribution in [2.45, 2.75) is 49.5 Å². The molecule has 8 heteroatoms. The number of hydrogen-bond donors (Lipinski definition) is 1. The number of aromatic nitrogens is 2. The lowest BCUT2D eigenvalue weighted by atomic mass is 9.98. The number of rotatable bonds is 7. The van der Waals surface area contributed by atoms with Crippen molar-refractivity contribution in [2.75, 3.05) is 13.2 Å². The summed E-state index contributed by atoms with van der Waals surface area (Å²) in [7, 11) is -3.57. The fourth-order valence-electron chi connectivity index (χ4n) is 2.28. The summed E-state index contributed by atoms with van der Waals surface area (Å²) in [5.41, 5.74) is 0. The van der Waals surface area contributed by atoms with Crippen LogP contribution in [-0.4, -0.2) is 37.6 Å². The van der Waals surface area contributed by atoms with Gasteiger partial charge >= 0.3 is 0 Å². The van der Waals surface area contributed by atoms with Gasteiger partial charge < -0.3 is 4.74 Å². The molecule has 1 aliphatic carbocycles. The highest BCUT2D eigenvalue weighted by Gasteiger charge is 2.15. The Morgan fingerprint density at radius 3 is 2.57 bits per heavy atom. The number of sulfonamides is 1. The van der Waals surface area contributed by atoms with E-state index in [1.165, 1.54) is 31.7 Å². The van der Waals surface area contributed by atoms with Crippen LogP contribution in [0.4, 0.5) is 0 Å². The summed E-state index contributed by atoms with van der Waals surface area (Å²) < 4.78 is 32.1. The van der Waals surface area contributed by atoms with Crippen molar-refractivity contribution in [1.29, 1.82) is 0 Å². The molecule has 0 spiro atoms. The molecule has 1 fully saturated rings. The van der Waals surface area contributed by atoms with Gasteiger partial charge in [0.2, 0.25) is 15.3 Å². The molecular weight excluding hydrogens is 314 g/mol. The van der Waals surface area contributed by atoms with Crippen molar-refractivity contribution in [2.24, 2.45) is 0 Å². The molecule has 0 unspecified atom stereocenters. The lowest BCUT2D eigenvalue weighted by Gasteiger charge is -2.21. The molecule has 0 radical (unpaired) electrons. The molecular formula is C13H20ClN3O3S. The topological polar surface area (TPSA) is 81.2 Å². The van der Waals surface area contributed by atoms with Crippen molar-refractivity contribution in [1.82, 2.24) is 14.7 Å². The van der Waals surface area contributed by atoms with Crippen molar-refractivity contribution >= 4 is 21.6 Å². The van der Waals surface area contributed by atoms with E-state index < -0.39 is 10.0 Å². The standard InChI is InChI=1S/C13H20ClN3O3S/c14-13-15-9-12(10-16-13)21(18,19)17-7-4-8-20-11-5-2-1-3-6-11/h9-11,17H,1-8H2. The highest BCUT2D eigenvalue weighted by atomic mass is 35.5. The smallest absolute Gasteiger partial charge is 0.243 e. The molecule has 1 saturated carbocycles. The minimum Gasteiger partial charge on any atom is -0.378 e. The molecule has 1 heterocycles. The Labute approximate surface area is 130 Å². The first-order valence-electron chi connectivity index (χ1n) is 7.17. The second-order valence-electron chi connectivity index (χ2n) is 5.07. The van der Waals surface area contributed by atoms with Gasteiger partial charge in [-0.15, -0.1) is 0 Å². The van der Waals surface area contributed by atoms with Gasteiger partial charge in [-0.2, -0.15) is 0 Å². The Bertz CT molecular complexity index is 530. The summed E-state index contributed by atoms with van der Waals surface area (Å²) in [5, 5.41) is 0.0230. The van der Waals surface area contributed by atoms with Crippen LogP contribution in [0.1, 0.15) is 38.5 Å². The Morgan fingerprint density at radius 2 is 1.90 bits per heavy atom. The van der Waals surface area contributed by atoms with Gasteiger partial charge in [-0.25, -0.2) is 23.1 Å². The average molecular weight is 334 g/mol. The van der Waals surface area contributed by atoms with E-state index in [-0.39, 0.29) is 10.2 Å². The zero-order chi connectivity index (χ0) is 15.1. The maximum atomic E-state index is 11.9. The van der Waals surface area contributed by atoms with Gasteiger partial charge in [0, 0.05) is 13.2 Å².